The summed E-state index contributed by atoms with van der Waals surface area (Å²) in [5, 5.41) is 27.6. The molecule has 2 heterocycles. The van der Waals surface area contributed by atoms with E-state index in [-0.39, 0.29) is 24.3 Å². The number of aromatic amines is 1. The molecule has 1 aliphatic heterocycles. The first-order valence-electron chi connectivity index (χ1n) is 9.48. The molecule has 0 aliphatic carbocycles. The number of carbonyl (C=O) groups excluding carboxylic acids is 1. The maximum atomic E-state index is 13.1. The van der Waals surface area contributed by atoms with Gasteiger partial charge in [-0.25, -0.2) is 0 Å². The molecule has 6 nitrogen and oxygen atoms in total. The van der Waals surface area contributed by atoms with Crippen molar-refractivity contribution in [1.82, 2.24) is 15.1 Å². The monoisotopic (exact) mass is 411 g/mol. The number of hydrogen-bond donors (Lipinski definition) is 3. The van der Waals surface area contributed by atoms with Crippen LogP contribution in [0.3, 0.4) is 0 Å². The Labute approximate surface area is 173 Å². The molecular formula is C22H22ClN3O3. The summed E-state index contributed by atoms with van der Waals surface area (Å²) in [6, 6.07) is 10.9. The quantitative estimate of drug-likeness (QED) is 0.592. The molecule has 0 spiro atoms. The van der Waals surface area contributed by atoms with Gasteiger partial charge >= 0.3 is 0 Å². The van der Waals surface area contributed by atoms with Crippen LogP contribution in [-0.2, 0) is 0 Å². The fourth-order valence-corrected chi connectivity index (χ4v) is 3.99. The number of aliphatic hydroxyl groups is 1. The Balaban J connectivity index is 1.89. The fraction of sp³-hybridized carbons (Fsp3) is 0.273. The van der Waals surface area contributed by atoms with Crippen molar-refractivity contribution in [3.8, 4) is 17.0 Å². The highest BCUT2D eigenvalue weighted by Gasteiger charge is 2.42. The van der Waals surface area contributed by atoms with Crippen molar-refractivity contribution in [1.29, 1.82) is 0 Å². The molecular weight excluding hydrogens is 390 g/mol. The molecule has 2 aromatic carbocycles. The number of fused-ring (bicyclic) bond motifs is 1. The first-order chi connectivity index (χ1) is 13.9. The predicted molar refractivity (Wildman–Crippen MR) is 111 cm³/mol. The third kappa shape index (κ3) is 3.28. The van der Waals surface area contributed by atoms with Gasteiger partial charge in [0.25, 0.3) is 5.91 Å². The Hall–Kier alpha value is -2.83. The number of nitrogens with one attached hydrogen (secondary N) is 1. The van der Waals surface area contributed by atoms with E-state index >= 15 is 0 Å². The number of benzene rings is 2. The lowest BCUT2D eigenvalue weighted by Gasteiger charge is -2.26. The summed E-state index contributed by atoms with van der Waals surface area (Å²) in [5.41, 5.74) is 4.93. The molecule has 29 heavy (non-hydrogen) atoms. The van der Waals surface area contributed by atoms with E-state index in [1.807, 2.05) is 38.1 Å². The number of hydrogen-bond acceptors (Lipinski definition) is 4. The SMILES string of the molecule is Cc1ccc([C@@H]2c3c(-c4cc(Cl)c(C)cc4O)n[nH]c3C(=O)N2CCCO)cc1. The van der Waals surface area contributed by atoms with Gasteiger partial charge in [-0.15, -0.1) is 0 Å². The number of phenolic OH excluding ortho intramolecular Hbond substituents is 1. The van der Waals surface area contributed by atoms with Crippen LogP contribution in [0.5, 0.6) is 5.75 Å². The number of amides is 1. The zero-order valence-electron chi connectivity index (χ0n) is 16.2. The molecule has 1 amide bonds. The molecule has 3 N–H and O–H groups in total. The first kappa shape index (κ1) is 19.5. The molecule has 0 radical (unpaired) electrons. The normalized spacial score (nSPS) is 15.8. The third-order valence-electron chi connectivity index (χ3n) is 5.35. The standard InChI is InChI=1S/C22H22ClN3O3/c1-12-4-6-14(7-5-12)21-18-19(15-11-16(23)13(2)10-17(15)28)24-25-20(18)22(29)26(21)8-3-9-27/h4-7,10-11,21,27-28H,3,8-9H2,1-2H3,(H,24,25)/t21-/m1/s1. The zero-order chi connectivity index (χ0) is 20.7. The van der Waals surface area contributed by atoms with Crippen molar-refractivity contribution < 1.29 is 15.0 Å². The minimum Gasteiger partial charge on any atom is -0.507 e. The lowest BCUT2D eigenvalue weighted by molar-refractivity contribution is 0.0732. The molecule has 3 aromatic rings. The van der Waals surface area contributed by atoms with Crippen molar-refractivity contribution in [3.63, 3.8) is 0 Å². The smallest absolute Gasteiger partial charge is 0.273 e. The van der Waals surface area contributed by atoms with Gasteiger partial charge < -0.3 is 15.1 Å². The van der Waals surface area contributed by atoms with Crippen LogP contribution in [-0.4, -0.2) is 44.4 Å². The summed E-state index contributed by atoms with van der Waals surface area (Å²) < 4.78 is 0. The highest BCUT2D eigenvalue weighted by Crippen LogP contribution is 2.45. The lowest BCUT2D eigenvalue weighted by Crippen LogP contribution is -2.31. The van der Waals surface area contributed by atoms with Crippen LogP contribution in [0, 0.1) is 13.8 Å². The van der Waals surface area contributed by atoms with Gasteiger partial charge in [0, 0.05) is 29.3 Å². The number of aryl methyl sites for hydroxylation is 2. The minimum atomic E-state index is -0.363. The number of phenols is 1. The Morgan fingerprint density at radius 2 is 1.93 bits per heavy atom. The van der Waals surface area contributed by atoms with Gasteiger partial charge in [-0.3, -0.25) is 9.89 Å². The summed E-state index contributed by atoms with van der Waals surface area (Å²) in [6.45, 7) is 4.23. The van der Waals surface area contributed by atoms with E-state index in [0.29, 0.717) is 40.5 Å². The molecule has 4 rings (SSSR count). The summed E-state index contributed by atoms with van der Waals surface area (Å²) >= 11 is 6.30. The number of H-pyrrole nitrogens is 1. The largest absolute Gasteiger partial charge is 0.507 e. The molecule has 1 aromatic heterocycles. The van der Waals surface area contributed by atoms with E-state index in [1.54, 1.807) is 17.0 Å². The van der Waals surface area contributed by atoms with Crippen molar-refractivity contribution >= 4 is 17.5 Å². The van der Waals surface area contributed by atoms with Crippen LogP contribution in [0.15, 0.2) is 36.4 Å². The van der Waals surface area contributed by atoms with Gasteiger partial charge in [0.1, 0.15) is 17.1 Å². The number of aromatic nitrogens is 2. The molecule has 0 saturated heterocycles. The van der Waals surface area contributed by atoms with E-state index < -0.39 is 0 Å². The van der Waals surface area contributed by atoms with Crippen LogP contribution < -0.4 is 0 Å². The van der Waals surface area contributed by atoms with Crippen molar-refractivity contribution in [2.45, 2.75) is 26.3 Å². The number of aliphatic hydroxyl groups excluding tert-OH is 1. The van der Waals surface area contributed by atoms with Crippen molar-refractivity contribution in [2.24, 2.45) is 0 Å². The summed E-state index contributed by atoms with van der Waals surface area (Å²) in [7, 11) is 0. The zero-order valence-corrected chi connectivity index (χ0v) is 17.0. The van der Waals surface area contributed by atoms with Gasteiger partial charge in [0.15, 0.2) is 0 Å². The van der Waals surface area contributed by atoms with E-state index in [4.69, 9.17) is 11.6 Å². The third-order valence-corrected chi connectivity index (χ3v) is 5.75. The lowest BCUT2D eigenvalue weighted by atomic mass is 9.94. The second-order valence-corrected chi connectivity index (χ2v) is 7.78. The van der Waals surface area contributed by atoms with E-state index in [0.717, 1.165) is 16.7 Å². The Morgan fingerprint density at radius 1 is 1.21 bits per heavy atom. The second-order valence-electron chi connectivity index (χ2n) is 7.37. The van der Waals surface area contributed by atoms with Crippen LogP contribution in [0.25, 0.3) is 11.3 Å². The van der Waals surface area contributed by atoms with Crippen LogP contribution in [0.1, 0.15) is 45.2 Å². The highest BCUT2D eigenvalue weighted by atomic mass is 35.5. The molecule has 0 fully saturated rings. The Bertz CT molecular complexity index is 1080. The Kier molecular flexibility index (Phi) is 5.06. The molecule has 0 unspecified atom stereocenters. The second kappa shape index (κ2) is 7.54. The molecule has 1 aliphatic rings. The van der Waals surface area contributed by atoms with Gasteiger partial charge in [0.05, 0.1) is 6.04 Å². The van der Waals surface area contributed by atoms with Gasteiger partial charge in [-0.2, -0.15) is 5.10 Å². The molecule has 150 valence electrons. The van der Waals surface area contributed by atoms with Gasteiger partial charge in [0.2, 0.25) is 0 Å². The molecule has 7 heteroatoms. The average molecular weight is 412 g/mol. The maximum absolute atomic E-state index is 13.1. The summed E-state index contributed by atoms with van der Waals surface area (Å²) in [4.78, 5) is 14.8. The van der Waals surface area contributed by atoms with Crippen LogP contribution in [0.4, 0.5) is 0 Å². The molecule has 1 atom stereocenters. The van der Waals surface area contributed by atoms with Crippen LogP contribution >= 0.6 is 11.6 Å². The van der Waals surface area contributed by atoms with Crippen molar-refractivity contribution in [2.75, 3.05) is 13.2 Å². The summed E-state index contributed by atoms with van der Waals surface area (Å²) in [6.07, 6.45) is 0.475. The molecule has 0 saturated carbocycles. The predicted octanol–water partition coefficient (Wildman–Crippen LogP) is 3.98. The first-order valence-corrected chi connectivity index (χ1v) is 9.86. The maximum Gasteiger partial charge on any atom is 0.273 e. The van der Waals surface area contributed by atoms with E-state index in [1.165, 1.54) is 0 Å². The fourth-order valence-electron chi connectivity index (χ4n) is 3.82. The minimum absolute atomic E-state index is 0.00218. The number of nitrogens with zero attached hydrogens (tertiary/aromatic N) is 2. The van der Waals surface area contributed by atoms with E-state index in [9.17, 15) is 15.0 Å². The number of halogens is 1. The number of rotatable bonds is 5. The summed E-state index contributed by atoms with van der Waals surface area (Å²) in [5.74, 6) is -0.111. The van der Waals surface area contributed by atoms with Gasteiger partial charge in [-0.05, 0) is 43.5 Å². The van der Waals surface area contributed by atoms with Crippen LogP contribution in [0.2, 0.25) is 5.02 Å². The van der Waals surface area contributed by atoms with E-state index in [2.05, 4.69) is 10.2 Å². The van der Waals surface area contributed by atoms with Gasteiger partial charge in [-0.1, -0.05) is 41.4 Å². The van der Waals surface area contributed by atoms with Crippen molar-refractivity contribution in [3.05, 3.63) is 69.4 Å². The molecule has 0 bridgehead atoms. The number of aromatic hydroxyl groups is 1. The topological polar surface area (TPSA) is 89.5 Å². The highest BCUT2D eigenvalue weighted by molar-refractivity contribution is 6.31. The Morgan fingerprint density at radius 3 is 2.62 bits per heavy atom. The number of carbonyl (C=O) groups is 1. The average Bonchev–Trinajstić information content (AvgIpc) is 3.23.